The molecular formula is C12H14F3NO4S. The molecule has 0 aliphatic carbocycles. The monoisotopic (exact) mass is 325 g/mol. The summed E-state index contributed by atoms with van der Waals surface area (Å²) in [7, 11) is -2.28. The Morgan fingerprint density at radius 2 is 1.81 bits per heavy atom. The lowest BCUT2D eigenvalue weighted by Crippen LogP contribution is -2.26. The highest BCUT2D eigenvalue weighted by molar-refractivity contribution is 7.92. The minimum Gasteiger partial charge on any atom is -0.384 e. The number of hydrogen-bond donors (Lipinski definition) is 1. The van der Waals surface area contributed by atoms with E-state index in [0.29, 0.717) is 0 Å². The number of benzene rings is 1. The molecule has 0 spiro atoms. The van der Waals surface area contributed by atoms with Crippen molar-refractivity contribution >= 4 is 21.4 Å². The van der Waals surface area contributed by atoms with E-state index >= 15 is 0 Å². The molecular weight excluding hydrogens is 311 g/mol. The standard InChI is InChI=1S/C12H14F3NO4S/c1-20-6-7-21(18,19)8-11(17)16-10-4-2-9(3-5-10)12(13,14)15/h2-5H,6-8H2,1H3,(H,16,17). The summed E-state index contributed by atoms with van der Waals surface area (Å²) in [6.07, 6.45) is -4.47. The molecule has 9 heteroatoms. The predicted molar refractivity (Wildman–Crippen MR) is 70.6 cm³/mol. The summed E-state index contributed by atoms with van der Waals surface area (Å²) in [5, 5.41) is 2.23. The van der Waals surface area contributed by atoms with E-state index in [1.807, 2.05) is 0 Å². The van der Waals surface area contributed by atoms with Crippen LogP contribution in [0.2, 0.25) is 0 Å². The Morgan fingerprint density at radius 1 is 1.24 bits per heavy atom. The molecule has 1 rings (SSSR count). The average molecular weight is 325 g/mol. The van der Waals surface area contributed by atoms with Crippen molar-refractivity contribution in [2.45, 2.75) is 6.18 Å². The second-order valence-electron chi connectivity index (χ2n) is 4.21. The van der Waals surface area contributed by atoms with Crippen LogP contribution < -0.4 is 5.32 Å². The van der Waals surface area contributed by atoms with E-state index in [-0.39, 0.29) is 18.0 Å². The van der Waals surface area contributed by atoms with E-state index in [1.54, 1.807) is 0 Å². The molecule has 21 heavy (non-hydrogen) atoms. The average Bonchev–Trinajstić information content (AvgIpc) is 2.35. The van der Waals surface area contributed by atoms with Crippen molar-refractivity contribution in [3.05, 3.63) is 29.8 Å². The first kappa shape index (κ1) is 17.4. The van der Waals surface area contributed by atoms with Crippen LogP contribution >= 0.6 is 0 Å². The molecule has 0 bridgehead atoms. The Labute approximate surface area is 120 Å². The number of methoxy groups -OCH3 is 1. The highest BCUT2D eigenvalue weighted by Crippen LogP contribution is 2.29. The topological polar surface area (TPSA) is 72.5 Å². The van der Waals surface area contributed by atoms with Crippen molar-refractivity contribution in [1.29, 1.82) is 0 Å². The molecule has 0 saturated carbocycles. The van der Waals surface area contributed by atoms with Crippen molar-refractivity contribution < 1.29 is 31.1 Å². The van der Waals surface area contributed by atoms with E-state index in [1.165, 1.54) is 7.11 Å². The first-order valence-electron chi connectivity index (χ1n) is 5.80. The second kappa shape index (κ2) is 6.90. The van der Waals surface area contributed by atoms with E-state index in [2.05, 4.69) is 10.1 Å². The molecule has 0 saturated heterocycles. The third kappa shape index (κ3) is 6.13. The van der Waals surface area contributed by atoms with Crippen LogP contribution in [-0.2, 0) is 25.5 Å². The number of carbonyl (C=O) groups is 1. The smallest absolute Gasteiger partial charge is 0.384 e. The quantitative estimate of drug-likeness (QED) is 0.864. The summed E-state index contributed by atoms with van der Waals surface area (Å²) in [6.45, 7) is -0.0319. The van der Waals surface area contributed by atoms with Crippen molar-refractivity contribution in [2.75, 3.05) is 30.5 Å². The molecule has 0 aromatic heterocycles. The third-order valence-corrected chi connectivity index (χ3v) is 3.94. The third-order valence-electron chi connectivity index (χ3n) is 2.45. The zero-order chi connectivity index (χ0) is 16.1. The van der Waals surface area contributed by atoms with Gasteiger partial charge in [-0.1, -0.05) is 0 Å². The van der Waals surface area contributed by atoms with Crippen LogP contribution in [0.1, 0.15) is 5.56 Å². The predicted octanol–water partition coefficient (Wildman–Crippen LogP) is 1.71. The van der Waals surface area contributed by atoms with E-state index in [9.17, 15) is 26.4 Å². The first-order valence-corrected chi connectivity index (χ1v) is 7.62. The van der Waals surface area contributed by atoms with Gasteiger partial charge in [-0.15, -0.1) is 0 Å². The normalized spacial score (nSPS) is 12.2. The summed E-state index contributed by atoms with van der Waals surface area (Å²) in [4.78, 5) is 11.5. The molecule has 5 nitrogen and oxygen atoms in total. The molecule has 1 aromatic rings. The van der Waals surface area contributed by atoms with Crippen LogP contribution in [0, 0.1) is 0 Å². The Balaban J connectivity index is 2.63. The Hall–Kier alpha value is -1.61. The lowest BCUT2D eigenvalue weighted by atomic mass is 10.2. The fraction of sp³-hybridized carbons (Fsp3) is 0.417. The van der Waals surface area contributed by atoms with Gasteiger partial charge < -0.3 is 10.1 Å². The van der Waals surface area contributed by atoms with Gasteiger partial charge in [-0.05, 0) is 24.3 Å². The van der Waals surface area contributed by atoms with Gasteiger partial charge in [0.05, 0.1) is 17.9 Å². The summed E-state index contributed by atoms with van der Waals surface area (Å²) in [6, 6.07) is 3.72. The molecule has 0 heterocycles. The number of anilines is 1. The number of sulfone groups is 1. The molecule has 0 atom stereocenters. The van der Waals surface area contributed by atoms with E-state index in [4.69, 9.17) is 0 Å². The van der Waals surface area contributed by atoms with Crippen molar-refractivity contribution in [3.8, 4) is 0 Å². The fourth-order valence-corrected chi connectivity index (χ4v) is 2.46. The molecule has 0 aliphatic rings. The SMILES string of the molecule is COCCS(=O)(=O)CC(=O)Nc1ccc(C(F)(F)F)cc1. The maximum absolute atomic E-state index is 12.3. The minimum atomic E-state index is -4.47. The molecule has 118 valence electrons. The Bertz CT molecular complexity index is 582. The van der Waals surface area contributed by atoms with Crippen molar-refractivity contribution in [1.82, 2.24) is 0 Å². The fourth-order valence-electron chi connectivity index (χ4n) is 1.42. The Morgan fingerprint density at radius 3 is 2.29 bits per heavy atom. The molecule has 1 amide bonds. The molecule has 0 aliphatic heterocycles. The molecule has 0 fully saturated rings. The van der Waals surface area contributed by atoms with Gasteiger partial charge in [0, 0.05) is 12.8 Å². The number of rotatable bonds is 6. The maximum Gasteiger partial charge on any atom is 0.416 e. The highest BCUT2D eigenvalue weighted by Gasteiger charge is 2.30. The van der Waals surface area contributed by atoms with Crippen LogP contribution in [0.15, 0.2) is 24.3 Å². The number of carbonyl (C=O) groups excluding carboxylic acids is 1. The van der Waals surface area contributed by atoms with Gasteiger partial charge in [-0.2, -0.15) is 13.2 Å². The number of amides is 1. The van der Waals surface area contributed by atoms with Gasteiger partial charge in [0.2, 0.25) is 5.91 Å². The summed E-state index contributed by atoms with van der Waals surface area (Å²) >= 11 is 0. The summed E-state index contributed by atoms with van der Waals surface area (Å²) in [5.74, 6) is -1.87. The van der Waals surface area contributed by atoms with Crippen molar-refractivity contribution in [3.63, 3.8) is 0 Å². The minimum absolute atomic E-state index is 0.0319. The van der Waals surface area contributed by atoms with Gasteiger partial charge >= 0.3 is 6.18 Å². The Kier molecular flexibility index (Phi) is 5.73. The number of ether oxygens (including phenoxy) is 1. The number of nitrogens with one attached hydrogen (secondary N) is 1. The van der Waals surface area contributed by atoms with Gasteiger partial charge in [-0.25, -0.2) is 8.42 Å². The highest BCUT2D eigenvalue weighted by atomic mass is 32.2. The number of hydrogen-bond acceptors (Lipinski definition) is 4. The molecule has 0 radical (unpaired) electrons. The zero-order valence-corrected chi connectivity index (χ0v) is 11.9. The van der Waals surface area contributed by atoms with E-state index < -0.39 is 33.2 Å². The van der Waals surface area contributed by atoms with Gasteiger partial charge in [0.15, 0.2) is 9.84 Å². The van der Waals surface area contributed by atoms with Gasteiger partial charge in [0.25, 0.3) is 0 Å². The lowest BCUT2D eigenvalue weighted by Gasteiger charge is -2.09. The van der Waals surface area contributed by atoms with Crippen molar-refractivity contribution in [2.24, 2.45) is 0 Å². The maximum atomic E-state index is 12.3. The van der Waals surface area contributed by atoms with Crippen LogP contribution in [0.3, 0.4) is 0 Å². The van der Waals surface area contributed by atoms with Gasteiger partial charge in [-0.3, -0.25) is 4.79 Å². The molecule has 0 unspecified atom stereocenters. The summed E-state index contributed by atoms with van der Waals surface area (Å²) < 4.78 is 64.6. The second-order valence-corrected chi connectivity index (χ2v) is 6.39. The molecule has 1 N–H and O–H groups in total. The zero-order valence-electron chi connectivity index (χ0n) is 11.1. The van der Waals surface area contributed by atoms with Crippen LogP contribution in [0.25, 0.3) is 0 Å². The number of alkyl halides is 3. The van der Waals surface area contributed by atoms with Crippen LogP contribution in [-0.4, -0.2) is 39.5 Å². The van der Waals surface area contributed by atoms with Gasteiger partial charge in [0.1, 0.15) is 5.75 Å². The largest absolute Gasteiger partial charge is 0.416 e. The summed E-state index contributed by atoms with van der Waals surface area (Å²) in [5.41, 5.74) is -0.761. The molecule has 1 aromatic carbocycles. The van der Waals surface area contributed by atoms with Crippen LogP contribution in [0.4, 0.5) is 18.9 Å². The first-order chi connectivity index (χ1) is 9.64. The number of halogens is 3. The lowest BCUT2D eigenvalue weighted by molar-refractivity contribution is -0.137. The van der Waals surface area contributed by atoms with Crippen LogP contribution in [0.5, 0.6) is 0 Å². The van der Waals surface area contributed by atoms with E-state index in [0.717, 1.165) is 24.3 Å².